The number of hydrogen-bond donors (Lipinski definition) is 2. The Bertz CT molecular complexity index is 411. The van der Waals surface area contributed by atoms with Gasteiger partial charge in [-0.15, -0.1) is 0 Å². The van der Waals surface area contributed by atoms with Gasteiger partial charge in [-0.1, -0.05) is 0 Å². The first kappa shape index (κ1) is 13.9. The molecule has 0 aromatic heterocycles. The monoisotopic (exact) mass is 265 g/mol. The topological polar surface area (TPSA) is 110 Å². The molecule has 0 unspecified atom stereocenters. The SMILES string of the molecule is CCOC(=O)CS(=O)(=O)NC1(C(=O)O)CCC1. The summed E-state index contributed by atoms with van der Waals surface area (Å²) >= 11 is 0. The molecule has 0 radical (unpaired) electrons. The van der Waals surface area contributed by atoms with Gasteiger partial charge in [-0.3, -0.25) is 9.59 Å². The fourth-order valence-electron chi connectivity index (χ4n) is 1.58. The van der Waals surface area contributed by atoms with E-state index in [0.717, 1.165) is 0 Å². The number of rotatable bonds is 6. The molecule has 1 saturated carbocycles. The first-order chi connectivity index (χ1) is 7.81. The zero-order chi connectivity index (χ0) is 13.1. The molecule has 0 saturated heterocycles. The lowest BCUT2D eigenvalue weighted by molar-refractivity contribution is -0.147. The van der Waals surface area contributed by atoms with Crippen LogP contribution in [0.15, 0.2) is 0 Å². The van der Waals surface area contributed by atoms with Crippen LogP contribution < -0.4 is 4.72 Å². The summed E-state index contributed by atoms with van der Waals surface area (Å²) in [6.45, 7) is 1.64. The van der Waals surface area contributed by atoms with Crippen LogP contribution in [0.5, 0.6) is 0 Å². The average Bonchev–Trinajstić information content (AvgIpc) is 2.10. The Kier molecular flexibility index (Phi) is 4.10. The lowest BCUT2D eigenvalue weighted by Crippen LogP contribution is -2.59. The molecule has 7 nitrogen and oxygen atoms in total. The molecule has 0 amide bonds. The molecule has 8 heteroatoms. The third-order valence-electron chi connectivity index (χ3n) is 2.58. The van der Waals surface area contributed by atoms with E-state index in [4.69, 9.17) is 5.11 Å². The lowest BCUT2D eigenvalue weighted by Gasteiger charge is -2.37. The van der Waals surface area contributed by atoms with Crippen molar-refractivity contribution in [2.24, 2.45) is 0 Å². The molecule has 1 aliphatic rings. The zero-order valence-electron chi connectivity index (χ0n) is 9.43. The van der Waals surface area contributed by atoms with Crippen LogP contribution in [0.2, 0.25) is 0 Å². The van der Waals surface area contributed by atoms with Gasteiger partial charge in [0.25, 0.3) is 0 Å². The van der Waals surface area contributed by atoms with Gasteiger partial charge in [0.15, 0.2) is 5.75 Å². The molecular formula is C9H15NO6S. The highest BCUT2D eigenvalue weighted by molar-refractivity contribution is 7.90. The Labute approximate surface area is 99.2 Å². The predicted octanol–water partition coefficient (Wildman–Crippen LogP) is -0.524. The fourth-order valence-corrected chi connectivity index (χ4v) is 2.93. The molecule has 1 rings (SSSR count). The third-order valence-corrected chi connectivity index (χ3v) is 3.90. The molecule has 0 heterocycles. The van der Waals surface area contributed by atoms with Crippen molar-refractivity contribution in [3.05, 3.63) is 0 Å². The van der Waals surface area contributed by atoms with Crippen molar-refractivity contribution >= 4 is 22.0 Å². The number of carbonyl (C=O) groups excluding carboxylic acids is 1. The van der Waals surface area contributed by atoms with Crippen molar-refractivity contribution in [2.45, 2.75) is 31.7 Å². The minimum Gasteiger partial charge on any atom is -0.480 e. The number of carboxylic acids is 1. The summed E-state index contributed by atoms with van der Waals surface area (Å²) in [4.78, 5) is 22.0. The highest BCUT2D eigenvalue weighted by atomic mass is 32.2. The van der Waals surface area contributed by atoms with E-state index in [2.05, 4.69) is 9.46 Å². The summed E-state index contributed by atoms with van der Waals surface area (Å²) < 4.78 is 29.7. The van der Waals surface area contributed by atoms with Crippen molar-refractivity contribution in [3.8, 4) is 0 Å². The second kappa shape index (κ2) is 5.01. The second-order valence-corrected chi connectivity index (χ2v) is 5.63. The van der Waals surface area contributed by atoms with E-state index >= 15 is 0 Å². The number of esters is 1. The predicted molar refractivity (Wildman–Crippen MR) is 57.8 cm³/mol. The van der Waals surface area contributed by atoms with Gasteiger partial charge in [0.1, 0.15) is 5.54 Å². The molecular weight excluding hydrogens is 250 g/mol. The Morgan fingerprint density at radius 1 is 1.41 bits per heavy atom. The standard InChI is InChI=1S/C9H15NO6S/c1-2-16-7(11)6-17(14,15)10-9(8(12)13)4-3-5-9/h10H,2-6H2,1H3,(H,12,13). The number of aliphatic carboxylic acids is 1. The van der Waals surface area contributed by atoms with Crippen LogP contribution in [0.4, 0.5) is 0 Å². The van der Waals surface area contributed by atoms with Crippen LogP contribution in [0.25, 0.3) is 0 Å². The van der Waals surface area contributed by atoms with Crippen molar-refractivity contribution in [3.63, 3.8) is 0 Å². The second-order valence-electron chi connectivity index (χ2n) is 3.91. The van der Waals surface area contributed by atoms with Gasteiger partial charge in [-0.05, 0) is 26.2 Å². The van der Waals surface area contributed by atoms with E-state index in [1.807, 2.05) is 0 Å². The van der Waals surface area contributed by atoms with Gasteiger partial charge < -0.3 is 9.84 Å². The highest BCUT2D eigenvalue weighted by Gasteiger charge is 2.47. The van der Waals surface area contributed by atoms with E-state index in [0.29, 0.717) is 6.42 Å². The molecule has 0 aliphatic heterocycles. The van der Waals surface area contributed by atoms with Crippen LogP contribution in [0.3, 0.4) is 0 Å². The van der Waals surface area contributed by atoms with Crippen molar-refractivity contribution in [1.29, 1.82) is 0 Å². The van der Waals surface area contributed by atoms with Gasteiger partial charge in [-0.25, -0.2) is 8.42 Å². The van der Waals surface area contributed by atoms with E-state index in [1.54, 1.807) is 6.92 Å². The number of ether oxygens (including phenoxy) is 1. The summed E-state index contributed by atoms with van der Waals surface area (Å²) in [5, 5.41) is 8.94. The van der Waals surface area contributed by atoms with Gasteiger partial charge in [-0.2, -0.15) is 4.72 Å². The molecule has 1 aliphatic carbocycles. The fraction of sp³-hybridized carbons (Fsp3) is 0.778. The van der Waals surface area contributed by atoms with Gasteiger partial charge in [0.2, 0.25) is 10.0 Å². The maximum Gasteiger partial charge on any atom is 0.324 e. The largest absolute Gasteiger partial charge is 0.480 e. The van der Waals surface area contributed by atoms with Crippen LogP contribution in [0.1, 0.15) is 26.2 Å². The molecule has 0 atom stereocenters. The van der Waals surface area contributed by atoms with Crippen LogP contribution in [0, 0.1) is 0 Å². The Balaban J connectivity index is 2.66. The quantitative estimate of drug-likeness (QED) is 0.625. The number of sulfonamides is 1. The first-order valence-corrected chi connectivity index (χ1v) is 6.87. The minimum atomic E-state index is -3.97. The number of nitrogens with one attached hydrogen (secondary N) is 1. The van der Waals surface area contributed by atoms with Gasteiger partial charge in [0.05, 0.1) is 6.61 Å². The Morgan fingerprint density at radius 2 is 2.00 bits per heavy atom. The zero-order valence-corrected chi connectivity index (χ0v) is 10.2. The van der Waals surface area contributed by atoms with Crippen LogP contribution in [-0.2, 0) is 24.3 Å². The maximum absolute atomic E-state index is 11.6. The molecule has 0 aromatic carbocycles. The van der Waals surface area contributed by atoms with Crippen molar-refractivity contribution in [1.82, 2.24) is 4.72 Å². The van der Waals surface area contributed by atoms with E-state index in [1.165, 1.54) is 0 Å². The molecule has 2 N–H and O–H groups in total. The van der Waals surface area contributed by atoms with E-state index < -0.39 is 33.3 Å². The molecule has 1 fully saturated rings. The number of carboxylic acid groups (broad SMARTS) is 1. The summed E-state index contributed by atoms with van der Waals surface area (Å²) in [5.41, 5.74) is -1.44. The molecule has 17 heavy (non-hydrogen) atoms. The summed E-state index contributed by atoms with van der Waals surface area (Å²) in [7, 11) is -3.97. The third kappa shape index (κ3) is 3.40. The summed E-state index contributed by atoms with van der Waals surface area (Å²) in [6.07, 6.45) is 1.13. The highest BCUT2D eigenvalue weighted by Crippen LogP contribution is 2.32. The first-order valence-electron chi connectivity index (χ1n) is 5.22. The molecule has 0 aromatic rings. The van der Waals surface area contributed by atoms with Crippen molar-refractivity contribution < 1.29 is 27.9 Å². The average molecular weight is 265 g/mol. The van der Waals surface area contributed by atoms with Crippen LogP contribution >= 0.6 is 0 Å². The molecule has 98 valence electrons. The summed E-state index contributed by atoms with van der Waals surface area (Å²) in [5.74, 6) is -2.95. The van der Waals surface area contributed by atoms with E-state index in [-0.39, 0.29) is 19.4 Å². The van der Waals surface area contributed by atoms with Crippen LogP contribution in [-0.4, -0.2) is 43.4 Å². The number of hydrogen-bond acceptors (Lipinski definition) is 5. The number of carbonyl (C=O) groups is 2. The minimum absolute atomic E-state index is 0.0818. The maximum atomic E-state index is 11.6. The Hall–Kier alpha value is -1.15. The van der Waals surface area contributed by atoms with Gasteiger partial charge >= 0.3 is 11.9 Å². The van der Waals surface area contributed by atoms with Crippen molar-refractivity contribution in [2.75, 3.05) is 12.4 Å². The smallest absolute Gasteiger partial charge is 0.324 e. The molecule has 0 bridgehead atoms. The summed E-state index contributed by atoms with van der Waals surface area (Å²) in [6, 6.07) is 0. The van der Waals surface area contributed by atoms with E-state index in [9.17, 15) is 18.0 Å². The molecule has 0 spiro atoms. The van der Waals surface area contributed by atoms with Gasteiger partial charge in [0, 0.05) is 0 Å². The lowest BCUT2D eigenvalue weighted by atomic mass is 9.78. The normalized spacial score (nSPS) is 18.2. The Morgan fingerprint density at radius 3 is 2.35 bits per heavy atom.